The van der Waals surface area contributed by atoms with Crippen LogP contribution in [0.25, 0.3) is 0 Å². The summed E-state index contributed by atoms with van der Waals surface area (Å²) in [7, 11) is 0. The standard InChI is InChI=1S/C75H134O6/c1-4-7-10-13-16-19-22-25-28-29-30-31-32-33-34-35-36-37-38-39-40-41-42-43-44-45-48-50-53-56-59-62-65-68-74(77)80-71-72(81-75(78)69-66-63-60-57-54-51-47-27-24-21-18-15-12-9-6-3)70-79-73(76)67-64-61-58-55-52-49-46-26-23-20-17-14-11-8-5-2/h17-18,20-22,25-27,29-30,46-47,72H,4-16,19,23-24,28,31-45,48-71H2,1-3H3/b20-17-,21-18-,25-22-,30-29-,46-26-,47-27-. The fourth-order valence-corrected chi connectivity index (χ4v) is 10.3. The lowest BCUT2D eigenvalue weighted by Crippen LogP contribution is -2.30. The van der Waals surface area contributed by atoms with Gasteiger partial charge in [-0.25, -0.2) is 0 Å². The van der Waals surface area contributed by atoms with Gasteiger partial charge in [0, 0.05) is 19.3 Å². The number of carbonyl (C=O) groups excluding carboxylic acids is 3. The van der Waals surface area contributed by atoms with Crippen LogP contribution < -0.4 is 0 Å². The molecule has 1 atom stereocenters. The second-order valence-electron chi connectivity index (χ2n) is 23.8. The molecule has 0 fully saturated rings. The van der Waals surface area contributed by atoms with Gasteiger partial charge in [0.1, 0.15) is 13.2 Å². The van der Waals surface area contributed by atoms with Crippen molar-refractivity contribution in [1.29, 1.82) is 0 Å². The van der Waals surface area contributed by atoms with Crippen LogP contribution in [0.3, 0.4) is 0 Å². The third-order valence-corrected chi connectivity index (χ3v) is 15.7. The van der Waals surface area contributed by atoms with Gasteiger partial charge in [0.05, 0.1) is 0 Å². The van der Waals surface area contributed by atoms with E-state index in [1.54, 1.807) is 0 Å². The first-order valence-electron chi connectivity index (χ1n) is 35.4. The van der Waals surface area contributed by atoms with E-state index < -0.39 is 6.10 Å². The van der Waals surface area contributed by atoms with Gasteiger partial charge in [-0.15, -0.1) is 0 Å². The van der Waals surface area contributed by atoms with Crippen molar-refractivity contribution in [1.82, 2.24) is 0 Å². The number of carbonyl (C=O) groups is 3. The van der Waals surface area contributed by atoms with E-state index in [-0.39, 0.29) is 31.1 Å². The zero-order valence-corrected chi connectivity index (χ0v) is 54.1. The number of ether oxygens (including phenoxy) is 3. The summed E-state index contributed by atoms with van der Waals surface area (Å²) in [6, 6.07) is 0. The molecule has 0 N–H and O–H groups in total. The van der Waals surface area contributed by atoms with Crippen molar-refractivity contribution in [2.24, 2.45) is 0 Å². The molecule has 0 aliphatic heterocycles. The summed E-state index contributed by atoms with van der Waals surface area (Å²) >= 11 is 0. The average Bonchev–Trinajstić information content (AvgIpc) is 3.47. The van der Waals surface area contributed by atoms with E-state index in [1.807, 2.05) is 0 Å². The number of unbranched alkanes of at least 4 members (excludes halogenated alkanes) is 42. The smallest absolute Gasteiger partial charge is 0.306 e. The zero-order valence-electron chi connectivity index (χ0n) is 54.1. The quantitative estimate of drug-likeness (QED) is 0.0261. The lowest BCUT2D eigenvalue weighted by Gasteiger charge is -2.18. The largest absolute Gasteiger partial charge is 0.462 e. The molecule has 81 heavy (non-hydrogen) atoms. The van der Waals surface area contributed by atoms with Crippen LogP contribution in [0.4, 0.5) is 0 Å². The minimum atomic E-state index is -0.788. The lowest BCUT2D eigenvalue weighted by molar-refractivity contribution is -0.167. The summed E-state index contributed by atoms with van der Waals surface area (Å²) in [6.07, 6.45) is 90.8. The molecule has 6 nitrogen and oxygen atoms in total. The first-order valence-corrected chi connectivity index (χ1v) is 35.4. The fourth-order valence-electron chi connectivity index (χ4n) is 10.3. The predicted molar refractivity (Wildman–Crippen MR) is 353 cm³/mol. The van der Waals surface area contributed by atoms with Gasteiger partial charge < -0.3 is 14.2 Å². The molecule has 0 aromatic rings. The summed E-state index contributed by atoms with van der Waals surface area (Å²) < 4.78 is 16.9. The fraction of sp³-hybridized carbons (Fsp3) is 0.800. The Morgan fingerprint density at radius 1 is 0.247 bits per heavy atom. The molecule has 1 unspecified atom stereocenters. The van der Waals surface area contributed by atoms with Crippen molar-refractivity contribution < 1.29 is 28.6 Å². The van der Waals surface area contributed by atoms with E-state index in [9.17, 15) is 14.4 Å². The van der Waals surface area contributed by atoms with E-state index >= 15 is 0 Å². The minimum Gasteiger partial charge on any atom is -0.462 e. The maximum Gasteiger partial charge on any atom is 0.306 e. The number of allylic oxidation sites excluding steroid dienone is 12. The summed E-state index contributed by atoms with van der Waals surface area (Å²) in [6.45, 7) is 6.60. The summed E-state index contributed by atoms with van der Waals surface area (Å²) in [5.74, 6) is -0.892. The van der Waals surface area contributed by atoms with Crippen molar-refractivity contribution in [3.63, 3.8) is 0 Å². The zero-order chi connectivity index (χ0) is 58.5. The van der Waals surface area contributed by atoms with Crippen LogP contribution in [0.5, 0.6) is 0 Å². The maximum atomic E-state index is 12.9. The van der Waals surface area contributed by atoms with Gasteiger partial charge in [0.15, 0.2) is 6.10 Å². The Labute approximate surface area is 503 Å². The van der Waals surface area contributed by atoms with Crippen LogP contribution in [0.2, 0.25) is 0 Å². The van der Waals surface area contributed by atoms with Crippen LogP contribution in [-0.2, 0) is 28.6 Å². The van der Waals surface area contributed by atoms with Crippen LogP contribution >= 0.6 is 0 Å². The Morgan fingerprint density at radius 2 is 0.444 bits per heavy atom. The monoisotopic (exact) mass is 1130 g/mol. The Bertz CT molecular complexity index is 1490. The normalized spacial score (nSPS) is 12.5. The Balaban J connectivity index is 4.15. The number of esters is 3. The number of hydrogen-bond acceptors (Lipinski definition) is 6. The van der Waals surface area contributed by atoms with Crippen molar-refractivity contribution in [3.05, 3.63) is 72.9 Å². The van der Waals surface area contributed by atoms with Crippen molar-refractivity contribution in [2.75, 3.05) is 13.2 Å². The molecule has 0 saturated carbocycles. The summed E-state index contributed by atoms with van der Waals surface area (Å²) in [4.78, 5) is 38.4. The second-order valence-corrected chi connectivity index (χ2v) is 23.8. The minimum absolute atomic E-state index is 0.0824. The van der Waals surface area contributed by atoms with E-state index in [0.29, 0.717) is 19.3 Å². The van der Waals surface area contributed by atoms with Crippen molar-refractivity contribution >= 4 is 17.9 Å². The van der Waals surface area contributed by atoms with Crippen molar-refractivity contribution in [3.8, 4) is 0 Å². The highest BCUT2D eigenvalue weighted by atomic mass is 16.6. The number of hydrogen-bond donors (Lipinski definition) is 0. The van der Waals surface area contributed by atoms with Gasteiger partial charge in [-0.05, 0) is 116 Å². The molecule has 0 aliphatic rings. The van der Waals surface area contributed by atoms with Crippen molar-refractivity contribution in [2.45, 2.75) is 374 Å². The molecule has 0 aliphatic carbocycles. The van der Waals surface area contributed by atoms with E-state index in [0.717, 1.165) is 109 Å². The Morgan fingerprint density at radius 3 is 0.704 bits per heavy atom. The maximum absolute atomic E-state index is 12.9. The van der Waals surface area contributed by atoms with Gasteiger partial charge in [-0.3, -0.25) is 14.4 Å². The molecule has 0 saturated heterocycles. The molecular formula is C75H134O6. The molecule has 470 valence electrons. The van der Waals surface area contributed by atoms with Gasteiger partial charge in [0.25, 0.3) is 0 Å². The molecule has 0 radical (unpaired) electrons. The van der Waals surface area contributed by atoms with E-state index in [4.69, 9.17) is 14.2 Å². The molecule has 6 heteroatoms. The SMILES string of the molecule is CCCCC/C=C\C/C=C\CCCCCCCC(=O)OCC(COC(=O)CCCCCCCCCCCCCCCCCCCCCCC/C=C\C/C=C\CCCCCCC)OC(=O)CCCCCCC/C=C\C/C=C\CCCCC. The molecule has 0 heterocycles. The van der Waals surface area contributed by atoms with Crippen LogP contribution in [0.15, 0.2) is 72.9 Å². The van der Waals surface area contributed by atoms with Crippen LogP contribution in [0.1, 0.15) is 367 Å². The first kappa shape index (κ1) is 77.9. The topological polar surface area (TPSA) is 78.9 Å². The molecular weight excluding hydrogens is 997 g/mol. The Hall–Kier alpha value is -3.15. The molecule has 0 rings (SSSR count). The molecule has 0 aromatic carbocycles. The molecule has 0 amide bonds. The average molecular weight is 1130 g/mol. The molecule has 0 bridgehead atoms. The predicted octanol–water partition coefficient (Wildman–Crippen LogP) is 24.4. The number of rotatable bonds is 65. The van der Waals surface area contributed by atoms with Crippen LogP contribution in [0, 0.1) is 0 Å². The van der Waals surface area contributed by atoms with Gasteiger partial charge >= 0.3 is 17.9 Å². The second kappa shape index (κ2) is 69.3. The lowest BCUT2D eigenvalue weighted by atomic mass is 10.0. The van der Waals surface area contributed by atoms with Gasteiger partial charge in [-0.2, -0.15) is 0 Å². The Kier molecular flexibility index (Phi) is 66.6. The van der Waals surface area contributed by atoms with E-state index in [2.05, 4.69) is 93.7 Å². The van der Waals surface area contributed by atoms with Crippen LogP contribution in [-0.4, -0.2) is 37.2 Å². The molecule has 0 spiro atoms. The van der Waals surface area contributed by atoms with E-state index in [1.165, 1.54) is 218 Å². The summed E-state index contributed by atoms with van der Waals surface area (Å²) in [5.41, 5.74) is 0. The van der Waals surface area contributed by atoms with Gasteiger partial charge in [-0.1, -0.05) is 306 Å². The molecule has 0 aromatic heterocycles. The third kappa shape index (κ3) is 67.5. The highest BCUT2D eigenvalue weighted by Crippen LogP contribution is 2.18. The first-order chi connectivity index (χ1) is 40.0. The highest BCUT2D eigenvalue weighted by molar-refractivity contribution is 5.71. The highest BCUT2D eigenvalue weighted by Gasteiger charge is 2.19. The third-order valence-electron chi connectivity index (χ3n) is 15.7. The summed E-state index contributed by atoms with van der Waals surface area (Å²) in [5, 5.41) is 0. The van der Waals surface area contributed by atoms with Gasteiger partial charge in [0.2, 0.25) is 0 Å².